The Balaban J connectivity index is 0.000000188. The minimum Gasteiger partial charge on any atom is -0.455 e. The normalized spacial score (nSPS) is 38.2. The molecule has 2 heterocycles. The Labute approximate surface area is 564 Å². The zero-order chi connectivity index (χ0) is 70.3. The quantitative estimate of drug-likeness (QED) is 0.0548. The van der Waals surface area contributed by atoms with Crippen LogP contribution in [0.3, 0.4) is 0 Å². The van der Waals surface area contributed by atoms with Crippen molar-refractivity contribution in [2.45, 2.75) is 217 Å². The molecule has 2 unspecified atom stereocenters. The van der Waals surface area contributed by atoms with Gasteiger partial charge in [-0.05, 0) is 118 Å². The van der Waals surface area contributed by atoms with Crippen LogP contribution in [0.4, 0.5) is 0 Å². The number of esters is 6. The van der Waals surface area contributed by atoms with Crippen molar-refractivity contribution in [2.75, 3.05) is 13.2 Å². The van der Waals surface area contributed by atoms with Crippen molar-refractivity contribution in [2.24, 2.45) is 45.3 Å². The van der Waals surface area contributed by atoms with Crippen molar-refractivity contribution in [3.63, 3.8) is 0 Å². The molecule has 8 aliphatic carbocycles. The van der Waals surface area contributed by atoms with E-state index in [2.05, 4.69) is 0 Å². The highest BCUT2D eigenvalue weighted by molar-refractivity contribution is 6.84. The fourth-order valence-corrected chi connectivity index (χ4v) is 20.1. The van der Waals surface area contributed by atoms with E-state index in [1.54, 1.807) is 97.0 Å². The number of rotatable bonds is 13. The predicted molar refractivity (Wildman–Crippen MR) is 346 cm³/mol. The first-order valence-electron chi connectivity index (χ1n) is 33.8. The maximum Gasteiger partial charge on any atom is 0.338 e. The van der Waals surface area contributed by atoms with Gasteiger partial charge in [0, 0.05) is 50.4 Å². The standard InChI is InChI=1S/C41H50O11Si.C33H40O11/c1-23-28(43)21-41(47)35(50-37(46)25-14-10-8-11-15-25)33-39(5,34(44)32(31(23)38(41,3)4)49-36(45)26-18-19-26)29(20-30-40(33,22-48-30)51-24(2)42)52-53(6,7)27-16-12-9-13-17-27;1-16-20(35)14-33(40)27(43-29(39)18-9-7-6-8-10-18)25-31(5,21(36)13-22-32(25,15-41-22)44-17(2)34)26(37)24(23(16)30(33,3)4)42-28(38)19-11-12-19/h8-17,26,28-30,32-33,35,43,47H,18-22H2,1-7H3;6-10,19-22,24-25,27,35-36,40H,11-15H2,1-5H3/t28-,29-,30+,32+,33?,35-,39+,40-,41+;20-,21-,22+,24+,25?,27-,31+,32-,33+/m00/s1. The second-order valence-electron chi connectivity index (χ2n) is 30.7. The molecule has 5 N–H and O–H groups in total. The first-order valence-corrected chi connectivity index (χ1v) is 36.7. The summed E-state index contributed by atoms with van der Waals surface area (Å²) < 4.78 is 56.3. The van der Waals surface area contributed by atoms with E-state index in [0.29, 0.717) is 36.8 Å². The number of carbonyl (C=O) groups excluding carboxylic acids is 8. The highest BCUT2D eigenvalue weighted by Crippen LogP contribution is 2.67. The van der Waals surface area contributed by atoms with Crippen molar-refractivity contribution < 1.29 is 106 Å². The van der Waals surface area contributed by atoms with Crippen LogP contribution >= 0.6 is 0 Å². The SMILES string of the molecule is CC(=O)O[C@@]12CO[C@@H]1C[C@H](O)[C@@]1(C)C(=O)[C@H](OC(=O)C3CC3)C3=C(C)[C@@H](O)C[C@@](O)([C@@H](OC(=O)c4ccccc4)C12)C3(C)C.CC(=O)O[C@@]12CO[C@@H]1C[C@H](O[Si](C)(C)c1ccccc1)[C@@]1(C)C(=O)[C@H](OC(=O)C3CC3)C3=C(C)[C@@H](O)C[C@@](O)([C@@H](OC(=O)c4ccccc4)C12)C3(C)C. The summed E-state index contributed by atoms with van der Waals surface area (Å²) in [5.74, 6) is -8.68. The second-order valence-corrected chi connectivity index (χ2v) is 34.5. The summed E-state index contributed by atoms with van der Waals surface area (Å²) in [7, 11) is -2.85. The summed E-state index contributed by atoms with van der Waals surface area (Å²) in [5.41, 5.74) is -12.2. The first kappa shape index (κ1) is 70.1. The molecule has 4 bridgehead atoms. The third-order valence-electron chi connectivity index (χ3n) is 24.0. The number of ketones is 2. The smallest absolute Gasteiger partial charge is 0.338 e. The van der Waals surface area contributed by atoms with Crippen LogP contribution in [0.2, 0.25) is 13.1 Å². The molecule has 22 nitrogen and oxygen atoms in total. The van der Waals surface area contributed by atoms with Gasteiger partial charge in [0.25, 0.3) is 0 Å². The lowest BCUT2D eigenvalue weighted by Crippen LogP contribution is -2.82. The first-order chi connectivity index (χ1) is 45.5. The molecule has 10 aliphatic rings. The highest BCUT2D eigenvalue weighted by Gasteiger charge is 2.81. The Morgan fingerprint density at radius 1 is 0.526 bits per heavy atom. The summed E-state index contributed by atoms with van der Waals surface area (Å²) in [6.07, 6.45) is -11.0. The predicted octanol–water partition coefficient (Wildman–Crippen LogP) is 6.22. The largest absolute Gasteiger partial charge is 0.455 e. The van der Waals surface area contributed by atoms with Crippen LogP contribution in [0.5, 0.6) is 0 Å². The van der Waals surface area contributed by atoms with Crippen molar-refractivity contribution in [1.82, 2.24) is 0 Å². The summed E-state index contributed by atoms with van der Waals surface area (Å²) in [4.78, 5) is 111. The maximum absolute atomic E-state index is 16.0. The fourth-order valence-electron chi connectivity index (χ4n) is 18.0. The average molecular weight is 1360 g/mol. The van der Waals surface area contributed by atoms with Gasteiger partial charge >= 0.3 is 35.8 Å². The van der Waals surface area contributed by atoms with Gasteiger partial charge in [-0.1, -0.05) is 94.4 Å². The zero-order valence-corrected chi connectivity index (χ0v) is 58.0. The van der Waals surface area contributed by atoms with Crippen LogP contribution in [0.15, 0.2) is 113 Å². The molecule has 0 radical (unpaired) electrons. The molecule has 2 saturated heterocycles. The Kier molecular flexibility index (Phi) is 17.7. The van der Waals surface area contributed by atoms with E-state index in [4.69, 9.17) is 42.3 Å². The van der Waals surface area contributed by atoms with Gasteiger partial charge in [0.15, 0.2) is 35.0 Å². The van der Waals surface area contributed by atoms with E-state index in [0.717, 1.165) is 5.19 Å². The van der Waals surface area contributed by atoms with E-state index in [1.165, 1.54) is 32.9 Å². The molecule has 522 valence electrons. The van der Waals surface area contributed by atoms with Gasteiger partial charge in [-0.2, -0.15) is 0 Å². The number of aliphatic hydroxyl groups excluding tert-OH is 3. The molecule has 3 aromatic carbocycles. The van der Waals surface area contributed by atoms with Crippen molar-refractivity contribution >= 4 is 60.9 Å². The Morgan fingerprint density at radius 3 is 1.27 bits per heavy atom. The molecule has 13 rings (SSSR count). The van der Waals surface area contributed by atoms with Crippen molar-refractivity contribution in [3.8, 4) is 0 Å². The van der Waals surface area contributed by atoms with Gasteiger partial charge in [0.05, 0.1) is 83.3 Å². The monoisotopic (exact) mass is 1360 g/mol. The molecule has 0 amide bonds. The molecule has 0 aromatic heterocycles. The lowest BCUT2D eigenvalue weighted by Gasteiger charge is -2.68. The number of benzene rings is 3. The van der Waals surface area contributed by atoms with Gasteiger partial charge in [-0.25, -0.2) is 9.59 Å². The third-order valence-corrected chi connectivity index (χ3v) is 26.6. The van der Waals surface area contributed by atoms with Gasteiger partial charge in [-0.3, -0.25) is 28.8 Å². The van der Waals surface area contributed by atoms with Gasteiger partial charge in [-0.15, -0.1) is 0 Å². The topological polar surface area (TPSA) is 321 Å². The summed E-state index contributed by atoms with van der Waals surface area (Å²) >= 11 is 0. The third kappa shape index (κ3) is 11.0. The maximum atomic E-state index is 16.0. The highest BCUT2D eigenvalue weighted by atomic mass is 28.4. The minimum absolute atomic E-state index is 0.100. The van der Waals surface area contributed by atoms with E-state index >= 15 is 9.59 Å². The molecule has 18 atom stereocenters. The average Bonchev–Trinajstić information content (AvgIpc) is 1.46. The number of ether oxygens (including phenoxy) is 8. The molecule has 2 aliphatic heterocycles. The molecule has 23 heteroatoms. The van der Waals surface area contributed by atoms with Crippen LogP contribution in [0.25, 0.3) is 0 Å². The molecule has 3 aromatic rings. The van der Waals surface area contributed by atoms with E-state index in [-0.39, 0.29) is 73.0 Å². The lowest BCUT2D eigenvalue weighted by molar-refractivity contribution is -0.346. The fraction of sp³-hybridized carbons (Fsp3) is 0.595. The molecule has 6 saturated carbocycles. The van der Waals surface area contributed by atoms with E-state index in [9.17, 15) is 54.3 Å². The Hall–Kier alpha value is -6.80. The molecule has 0 spiro atoms. The lowest BCUT2D eigenvalue weighted by atomic mass is 9.44. The van der Waals surface area contributed by atoms with Crippen LogP contribution < -0.4 is 5.19 Å². The summed E-state index contributed by atoms with van der Waals surface area (Å²) in [6, 6.07) is 26.1. The number of hydrogen-bond acceptors (Lipinski definition) is 22. The van der Waals surface area contributed by atoms with Crippen LogP contribution in [-0.2, 0) is 71.1 Å². The summed E-state index contributed by atoms with van der Waals surface area (Å²) in [5, 5.41) is 62.3. The Morgan fingerprint density at radius 2 is 0.897 bits per heavy atom. The van der Waals surface area contributed by atoms with Crippen LogP contribution in [0.1, 0.15) is 141 Å². The number of carbonyl (C=O) groups is 8. The minimum atomic E-state index is -2.85. The van der Waals surface area contributed by atoms with Crippen LogP contribution in [-0.4, -0.2) is 178 Å². The number of hydrogen-bond donors (Lipinski definition) is 5. The van der Waals surface area contributed by atoms with Gasteiger partial charge < -0.3 is 67.9 Å². The Bertz CT molecular complexity index is 3750. The van der Waals surface area contributed by atoms with Gasteiger partial charge in [0.2, 0.25) is 8.32 Å². The molecular formula is C74H90O22Si. The van der Waals surface area contributed by atoms with Gasteiger partial charge in [0.1, 0.15) is 35.6 Å². The van der Waals surface area contributed by atoms with E-state index in [1.807, 2.05) is 43.4 Å². The summed E-state index contributed by atoms with van der Waals surface area (Å²) in [6.45, 7) is 19.4. The molecule has 97 heavy (non-hydrogen) atoms. The molecule has 8 fully saturated rings. The van der Waals surface area contributed by atoms with E-state index < -0.39 is 173 Å². The second kappa shape index (κ2) is 24.5. The number of aliphatic hydroxyl groups is 5. The molecular weight excluding hydrogens is 1270 g/mol. The van der Waals surface area contributed by atoms with Crippen LogP contribution in [0, 0.1) is 45.3 Å². The van der Waals surface area contributed by atoms with Crippen molar-refractivity contribution in [3.05, 3.63) is 124 Å². The zero-order valence-electron chi connectivity index (χ0n) is 57.0. The number of Topliss-reactive ketones (excluding diaryl/α,β-unsaturated/α-hetero) is 2. The number of fused-ring (bicyclic) bond motifs is 10. The van der Waals surface area contributed by atoms with Crippen molar-refractivity contribution in [1.29, 1.82) is 0 Å².